The van der Waals surface area contributed by atoms with Gasteiger partial charge in [-0.1, -0.05) is 71.1 Å². The standard InChI is InChI=1S/C28H40O4/c1-7-11-13-21(9-3)27(29)31-25-18-20(6)26(24-17-19(5)15-16-23(24)25)32-28(30)22(10-4)14-12-8-2/h15-18,21-22H,7-14H2,1-6H3. The highest BCUT2D eigenvalue weighted by molar-refractivity contribution is 5.98. The zero-order valence-corrected chi connectivity index (χ0v) is 20.8. The molecule has 2 atom stereocenters. The van der Waals surface area contributed by atoms with Crippen molar-refractivity contribution in [3.8, 4) is 11.5 Å². The van der Waals surface area contributed by atoms with Crippen LogP contribution in [0.3, 0.4) is 0 Å². The van der Waals surface area contributed by atoms with Gasteiger partial charge in [-0.2, -0.15) is 0 Å². The molecule has 4 heteroatoms. The van der Waals surface area contributed by atoms with Crippen molar-refractivity contribution in [2.45, 2.75) is 92.9 Å². The lowest BCUT2D eigenvalue weighted by Gasteiger charge is -2.19. The summed E-state index contributed by atoms with van der Waals surface area (Å²) in [6, 6.07) is 7.78. The lowest BCUT2D eigenvalue weighted by atomic mass is 9.98. The van der Waals surface area contributed by atoms with Gasteiger partial charge in [0.1, 0.15) is 11.5 Å². The van der Waals surface area contributed by atoms with Crippen LogP contribution in [0.5, 0.6) is 11.5 Å². The van der Waals surface area contributed by atoms with E-state index in [4.69, 9.17) is 9.47 Å². The number of hydrogen-bond donors (Lipinski definition) is 0. The van der Waals surface area contributed by atoms with Crippen LogP contribution >= 0.6 is 0 Å². The van der Waals surface area contributed by atoms with Crippen LogP contribution in [-0.4, -0.2) is 11.9 Å². The summed E-state index contributed by atoms with van der Waals surface area (Å²) in [6.45, 7) is 12.2. The topological polar surface area (TPSA) is 52.6 Å². The average Bonchev–Trinajstić information content (AvgIpc) is 2.77. The van der Waals surface area contributed by atoms with Crippen LogP contribution < -0.4 is 9.47 Å². The maximum Gasteiger partial charge on any atom is 0.314 e. The van der Waals surface area contributed by atoms with Gasteiger partial charge in [0, 0.05) is 10.8 Å². The minimum absolute atomic E-state index is 0.0999. The van der Waals surface area contributed by atoms with Gasteiger partial charge < -0.3 is 9.47 Å². The molecule has 32 heavy (non-hydrogen) atoms. The number of fused-ring (bicyclic) bond motifs is 1. The molecule has 0 radical (unpaired) electrons. The van der Waals surface area contributed by atoms with Crippen LogP contribution in [-0.2, 0) is 9.59 Å². The van der Waals surface area contributed by atoms with E-state index >= 15 is 0 Å². The third-order valence-corrected chi connectivity index (χ3v) is 6.27. The van der Waals surface area contributed by atoms with Gasteiger partial charge in [-0.05, 0) is 57.2 Å². The van der Waals surface area contributed by atoms with E-state index in [1.165, 1.54) is 0 Å². The number of unbranched alkanes of at least 4 members (excludes halogenated alkanes) is 2. The van der Waals surface area contributed by atoms with Gasteiger partial charge >= 0.3 is 11.9 Å². The van der Waals surface area contributed by atoms with Gasteiger partial charge in [0.15, 0.2) is 0 Å². The second-order valence-corrected chi connectivity index (χ2v) is 8.91. The molecule has 0 fully saturated rings. The Hall–Kier alpha value is -2.36. The molecule has 0 saturated carbocycles. The number of ether oxygens (including phenoxy) is 2. The summed E-state index contributed by atoms with van der Waals surface area (Å²) in [6.07, 6.45) is 7.35. The Labute approximate surface area is 193 Å². The van der Waals surface area contributed by atoms with Crippen molar-refractivity contribution in [2.75, 3.05) is 0 Å². The smallest absolute Gasteiger partial charge is 0.314 e. The van der Waals surface area contributed by atoms with Crippen molar-refractivity contribution in [1.82, 2.24) is 0 Å². The van der Waals surface area contributed by atoms with E-state index in [1.54, 1.807) is 0 Å². The second kappa shape index (κ2) is 12.6. The number of esters is 2. The fraction of sp³-hybridized carbons (Fsp3) is 0.571. The van der Waals surface area contributed by atoms with Gasteiger partial charge in [0.25, 0.3) is 0 Å². The molecule has 0 aliphatic heterocycles. The SMILES string of the molecule is CCCCC(CC)C(=O)Oc1cc(C)c(OC(=O)C(CC)CCCC)c2cc(C)ccc12. The molecular weight excluding hydrogens is 400 g/mol. The number of hydrogen-bond acceptors (Lipinski definition) is 4. The van der Waals surface area contributed by atoms with E-state index in [2.05, 4.69) is 13.8 Å². The number of carbonyl (C=O) groups excluding carboxylic acids is 2. The van der Waals surface area contributed by atoms with Crippen LogP contribution in [0.1, 0.15) is 90.2 Å². The normalized spacial score (nSPS) is 13.1. The Morgan fingerprint density at radius 1 is 0.781 bits per heavy atom. The van der Waals surface area contributed by atoms with Gasteiger partial charge in [-0.15, -0.1) is 0 Å². The van der Waals surface area contributed by atoms with Crippen molar-refractivity contribution in [1.29, 1.82) is 0 Å². The lowest BCUT2D eigenvalue weighted by Crippen LogP contribution is -2.21. The van der Waals surface area contributed by atoms with Crippen LogP contribution in [0.4, 0.5) is 0 Å². The Morgan fingerprint density at radius 3 is 1.88 bits per heavy atom. The van der Waals surface area contributed by atoms with Crippen LogP contribution in [0.15, 0.2) is 24.3 Å². The van der Waals surface area contributed by atoms with E-state index in [-0.39, 0.29) is 23.8 Å². The van der Waals surface area contributed by atoms with Gasteiger partial charge in [-0.25, -0.2) is 0 Å². The summed E-state index contributed by atoms with van der Waals surface area (Å²) in [7, 11) is 0. The summed E-state index contributed by atoms with van der Waals surface area (Å²) in [5, 5.41) is 1.61. The van der Waals surface area contributed by atoms with E-state index in [1.807, 2.05) is 52.0 Å². The zero-order valence-electron chi connectivity index (χ0n) is 20.8. The van der Waals surface area contributed by atoms with Crippen molar-refractivity contribution >= 4 is 22.7 Å². The molecule has 0 amide bonds. The molecule has 4 nitrogen and oxygen atoms in total. The van der Waals surface area contributed by atoms with Crippen molar-refractivity contribution in [2.24, 2.45) is 11.8 Å². The predicted octanol–water partition coefficient (Wildman–Crippen LogP) is 7.70. The molecule has 176 valence electrons. The Balaban J connectivity index is 2.40. The minimum Gasteiger partial charge on any atom is -0.426 e. The average molecular weight is 441 g/mol. The first kappa shape index (κ1) is 25.9. The lowest BCUT2D eigenvalue weighted by molar-refractivity contribution is -0.140. The van der Waals surface area contributed by atoms with Crippen LogP contribution in [0.25, 0.3) is 10.8 Å². The predicted molar refractivity (Wildman–Crippen MR) is 131 cm³/mol. The minimum atomic E-state index is -0.183. The van der Waals surface area contributed by atoms with Crippen molar-refractivity contribution < 1.29 is 19.1 Å². The molecule has 0 spiro atoms. The second-order valence-electron chi connectivity index (χ2n) is 8.91. The molecular formula is C28H40O4. The quantitative estimate of drug-likeness (QED) is 0.251. The maximum absolute atomic E-state index is 12.9. The summed E-state index contributed by atoms with van der Waals surface area (Å²) in [4.78, 5) is 25.8. The third kappa shape index (κ3) is 6.57. The van der Waals surface area contributed by atoms with Crippen LogP contribution in [0.2, 0.25) is 0 Å². The third-order valence-electron chi connectivity index (χ3n) is 6.27. The molecule has 2 aromatic rings. The summed E-state index contributed by atoms with van der Waals surface area (Å²) in [5.41, 5.74) is 1.86. The van der Waals surface area contributed by atoms with E-state index in [9.17, 15) is 9.59 Å². The van der Waals surface area contributed by atoms with Crippen molar-refractivity contribution in [3.63, 3.8) is 0 Å². The number of rotatable bonds is 12. The van der Waals surface area contributed by atoms with Crippen molar-refractivity contribution in [3.05, 3.63) is 35.4 Å². The molecule has 0 aromatic heterocycles. The van der Waals surface area contributed by atoms with E-state index in [0.29, 0.717) is 11.5 Å². The van der Waals surface area contributed by atoms with E-state index in [0.717, 1.165) is 73.3 Å². The number of aryl methyl sites for hydroxylation is 2. The molecule has 0 heterocycles. The van der Waals surface area contributed by atoms with Gasteiger partial charge in [0.2, 0.25) is 0 Å². The fourth-order valence-electron chi connectivity index (χ4n) is 4.09. The Bertz CT molecular complexity index is 915. The number of benzene rings is 2. The first-order chi connectivity index (χ1) is 15.4. The molecule has 2 unspecified atom stereocenters. The molecule has 2 rings (SSSR count). The highest BCUT2D eigenvalue weighted by atomic mass is 16.5. The Morgan fingerprint density at radius 2 is 1.34 bits per heavy atom. The largest absolute Gasteiger partial charge is 0.426 e. The molecule has 0 saturated heterocycles. The molecule has 0 bridgehead atoms. The summed E-state index contributed by atoms with van der Waals surface area (Å²) < 4.78 is 11.9. The molecule has 0 aliphatic rings. The summed E-state index contributed by atoms with van der Waals surface area (Å²) in [5.74, 6) is 0.546. The highest BCUT2D eigenvalue weighted by Crippen LogP contribution is 2.38. The maximum atomic E-state index is 12.9. The van der Waals surface area contributed by atoms with Gasteiger partial charge in [-0.3, -0.25) is 9.59 Å². The van der Waals surface area contributed by atoms with Crippen LogP contribution in [0, 0.1) is 25.7 Å². The number of carbonyl (C=O) groups is 2. The first-order valence-electron chi connectivity index (χ1n) is 12.3. The molecule has 0 N–H and O–H groups in total. The zero-order chi connectivity index (χ0) is 23.7. The molecule has 0 aliphatic carbocycles. The van der Waals surface area contributed by atoms with Gasteiger partial charge in [0.05, 0.1) is 11.8 Å². The first-order valence-corrected chi connectivity index (χ1v) is 12.3. The monoisotopic (exact) mass is 440 g/mol. The molecule has 2 aromatic carbocycles. The Kier molecular flexibility index (Phi) is 10.2. The highest BCUT2D eigenvalue weighted by Gasteiger charge is 2.23. The van der Waals surface area contributed by atoms with E-state index < -0.39 is 0 Å². The fourth-order valence-corrected chi connectivity index (χ4v) is 4.09. The summed E-state index contributed by atoms with van der Waals surface area (Å²) >= 11 is 0.